The first-order valence-corrected chi connectivity index (χ1v) is 14.2. The van der Waals surface area contributed by atoms with Crippen LogP contribution in [0.15, 0.2) is 67.3 Å². The van der Waals surface area contributed by atoms with E-state index in [9.17, 15) is 9.65 Å². The summed E-state index contributed by atoms with van der Waals surface area (Å²) < 4.78 is 15.7. The molecule has 9 nitrogen and oxygen atoms in total. The van der Waals surface area contributed by atoms with Gasteiger partial charge in [-0.2, -0.15) is 5.26 Å². The first kappa shape index (κ1) is 27.8. The van der Waals surface area contributed by atoms with Gasteiger partial charge in [0.15, 0.2) is 0 Å². The molecule has 2 N–H and O–H groups in total. The van der Waals surface area contributed by atoms with E-state index in [-0.39, 0.29) is 17.1 Å². The zero-order valence-corrected chi connectivity index (χ0v) is 24.1. The zero-order chi connectivity index (χ0) is 29.2. The van der Waals surface area contributed by atoms with Gasteiger partial charge in [-0.15, -0.1) is 5.10 Å². The molecular formula is C30H26Cl2FN9. The third-order valence-electron chi connectivity index (χ3n) is 7.46. The van der Waals surface area contributed by atoms with Gasteiger partial charge in [-0.05, 0) is 54.9 Å². The quantitative estimate of drug-likeness (QED) is 0.201. The van der Waals surface area contributed by atoms with Crippen molar-refractivity contribution in [2.75, 3.05) is 30.3 Å². The summed E-state index contributed by atoms with van der Waals surface area (Å²) in [5.74, 6) is -0.536. The Bertz CT molecular complexity index is 1790. The molecule has 2 atom stereocenters. The Morgan fingerprint density at radius 3 is 2.74 bits per heavy atom. The van der Waals surface area contributed by atoms with E-state index < -0.39 is 5.82 Å². The van der Waals surface area contributed by atoms with Gasteiger partial charge < -0.3 is 15.5 Å². The Hall–Kier alpha value is -4.30. The van der Waals surface area contributed by atoms with Crippen LogP contribution in [0.2, 0.25) is 10.0 Å². The molecule has 12 heteroatoms. The Kier molecular flexibility index (Phi) is 7.89. The van der Waals surface area contributed by atoms with E-state index in [1.54, 1.807) is 24.5 Å². The molecule has 0 amide bonds. The molecule has 5 aromatic rings. The SMILES string of the molecule is CCN1CC[C@@H](n2cc(C(Nc3cc(Cl)c4ncc(C#N)c(Nc5ccc(F)c(Cl)c5)c4c3)c3cccnc3)nn2)C1. The number of aromatic nitrogens is 5. The highest BCUT2D eigenvalue weighted by atomic mass is 35.5. The fourth-order valence-electron chi connectivity index (χ4n) is 5.24. The van der Waals surface area contributed by atoms with Gasteiger partial charge in [0.1, 0.15) is 17.6 Å². The van der Waals surface area contributed by atoms with Crippen LogP contribution < -0.4 is 10.6 Å². The van der Waals surface area contributed by atoms with Crippen molar-refractivity contribution in [3.8, 4) is 6.07 Å². The Morgan fingerprint density at radius 1 is 1.14 bits per heavy atom. The Labute approximate surface area is 251 Å². The minimum Gasteiger partial charge on any atom is -0.373 e. The minimum absolute atomic E-state index is 0.0374. The van der Waals surface area contributed by atoms with Crippen molar-refractivity contribution in [2.45, 2.75) is 25.4 Å². The van der Waals surface area contributed by atoms with Gasteiger partial charge in [0.05, 0.1) is 45.1 Å². The third kappa shape index (κ3) is 5.59. The molecule has 0 aliphatic carbocycles. The first-order chi connectivity index (χ1) is 20.4. The number of hydrogen-bond donors (Lipinski definition) is 2. The summed E-state index contributed by atoms with van der Waals surface area (Å²) in [6.45, 7) is 5.15. The van der Waals surface area contributed by atoms with E-state index in [0.717, 1.165) is 37.3 Å². The van der Waals surface area contributed by atoms with Gasteiger partial charge in [0, 0.05) is 48.4 Å². The lowest BCUT2D eigenvalue weighted by Crippen LogP contribution is -2.21. The van der Waals surface area contributed by atoms with Crippen LogP contribution in [0.4, 0.5) is 21.5 Å². The number of anilines is 3. The minimum atomic E-state index is -0.536. The highest BCUT2D eigenvalue weighted by molar-refractivity contribution is 6.36. The molecule has 4 heterocycles. The molecule has 0 spiro atoms. The molecule has 3 aromatic heterocycles. The maximum atomic E-state index is 13.8. The van der Waals surface area contributed by atoms with Crippen LogP contribution in [0.25, 0.3) is 10.9 Å². The number of pyridine rings is 2. The topological polar surface area (TPSA) is 108 Å². The predicted octanol–water partition coefficient (Wildman–Crippen LogP) is 6.75. The molecular weight excluding hydrogens is 576 g/mol. The second-order valence-corrected chi connectivity index (χ2v) is 10.9. The van der Waals surface area contributed by atoms with Crippen LogP contribution in [0.3, 0.4) is 0 Å². The number of halogens is 3. The number of rotatable bonds is 8. The summed E-state index contributed by atoms with van der Waals surface area (Å²) in [6.07, 6.45) is 7.96. The molecule has 6 rings (SSSR count). The van der Waals surface area contributed by atoms with Crippen molar-refractivity contribution >= 4 is 51.2 Å². The lowest BCUT2D eigenvalue weighted by Gasteiger charge is -2.20. The molecule has 1 aliphatic heterocycles. The molecule has 212 valence electrons. The van der Waals surface area contributed by atoms with E-state index in [4.69, 9.17) is 23.2 Å². The average molecular weight is 603 g/mol. The second kappa shape index (κ2) is 11.9. The van der Waals surface area contributed by atoms with E-state index in [1.807, 2.05) is 29.1 Å². The van der Waals surface area contributed by atoms with Gasteiger partial charge in [-0.3, -0.25) is 9.97 Å². The Balaban J connectivity index is 1.39. The highest BCUT2D eigenvalue weighted by Crippen LogP contribution is 2.37. The monoisotopic (exact) mass is 601 g/mol. The standard InChI is InChI=1S/C30H26Cl2FN9/c1-2-41-9-7-22(16-41)42-17-27(39-40-42)29(18-4-3-8-35-14-18)38-21-10-23-28(37-20-5-6-26(33)24(31)11-20)19(13-34)15-36-30(23)25(32)12-21/h3-6,8,10-12,14-15,17,22,29,38H,2,7,9,16H2,1H3,(H,36,37)/t22-,29?/m1/s1. The summed E-state index contributed by atoms with van der Waals surface area (Å²) >= 11 is 12.7. The van der Waals surface area contributed by atoms with Crippen LogP contribution in [0.5, 0.6) is 0 Å². The number of nitriles is 1. The van der Waals surface area contributed by atoms with Crippen molar-refractivity contribution < 1.29 is 4.39 Å². The van der Waals surface area contributed by atoms with Crippen LogP contribution in [0, 0.1) is 17.1 Å². The third-order valence-corrected chi connectivity index (χ3v) is 8.03. The molecule has 0 radical (unpaired) electrons. The van der Waals surface area contributed by atoms with E-state index >= 15 is 0 Å². The number of nitrogens with zero attached hydrogens (tertiary/aromatic N) is 7. The molecule has 1 aliphatic rings. The number of fused-ring (bicyclic) bond motifs is 1. The van der Waals surface area contributed by atoms with Crippen molar-refractivity contribution in [3.63, 3.8) is 0 Å². The van der Waals surface area contributed by atoms with Crippen molar-refractivity contribution in [1.82, 2.24) is 29.9 Å². The molecule has 1 fully saturated rings. The van der Waals surface area contributed by atoms with Gasteiger partial charge in [0.2, 0.25) is 0 Å². The van der Waals surface area contributed by atoms with Gasteiger partial charge >= 0.3 is 0 Å². The summed E-state index contributed by atoms with van der Waals surface area (Å²) in [5.41, 5.74) is 4.08. The van der Waals surface area contributed by atoms with E-state index in [0.29, 0.717) is 38.6 Å². The summed E-state index contributed by atoms with van der Waals surface area (Å²) in [6, 6.07) is 13.8. The van der Waals surface area contributed by atoms with Crippen LogP contribution >= 0.6 is 23.2 Å². The summed E-state index contributed by atoms with van der Waals surface area (Å²) in [7, 11) is 0. The molecule has 0 saturated carbocycles. The van der Waals surface area contributed by atoms with Gasteiger partial charge in [-0.1, -0.05) is 41.4 Å². The summed E-state index contributed by atoms with van der Waals surface area (Å²) in [4.78, 5) is 11.2. The number of likely N-dealkylation sites (tertiary alicyclic amines) is 1. The highest BCUT2D eigenvalue weighted by Gasteiger charge is 2.26. The van der Waals surface area contributed by atoms with Crippen molar-refractivity contribution in [3.05, 3.63) is 99.9 Å². The van der Waals surface area contributed by atoms with Crippen LogP contribution in [-0.4, -0.2) is 49.5 Å². The zero-order valence-electron chi connectivity index (χ0n) is 22.6. The van der Waals surface area contributed by atoms with E-state index in [1.165, 1.54) is 18.3 Å². The lowest BCUT2D eigenvalue weighted by molar-refractivity contribution is 0.334. The molecule has 1 saturated heterocycles. The van der Waals surface area contributed by atoms with Gasteiger partial charge in [0.25, 0.3) is 0 Å². The smallest absolute Gasteiger partial charge is 0.141 e. The molecule has 2 aromatic carbocycles. The second-order valence-electron chi connectivity index (χ2n) is 10.1. The average Bonchev–Trinajstić information content (AvgIpc) is 3.69. The molecule has 1 unspecified atom stereocenters. The van der Waals surface area contributed by atoms with Crippen molar-refractivity contribution in [2.24, 2.45) is 0 Å². The number of nitrogens with one attached hydrogen (secondary N) is 2. The number of benzene rings is 2. The Morgan fingerprint density at radius 2 is 2.00 bits per heavy atom. The number of likely N-dealkylation sites (N-methyl/N-ethyl adjacent to an activating group) is 1. The molecule has 42 heavy (non-hydrogen) atoms. The fourth-order valence-corrected chi connectivity index (χ4v) is 5.69. The van der Waals surface area contributed by atoms with Crippen LogP contribution in [-0.2, 0) is 0 Å². The largest absolute Gasteiger partial charge is 0.373 e. The predicted molar refractivity (Wildman–Crippen MR) is 162 cm³/mol. The maximum absolute atomic E-state index is 13.8. The first-order valence-electron chi connectivity index (χ1n) is 13.5. The van der Waals surface area contributed by atoms with Crippen LogP contribution in [0.1, 0.15) is 42.2 Å². The molecule has 0 bridgehead atoms. The van der Waals surface area contributed by atoms with E-state index in [2.05, 4.69) is 48.8 Å². The lowest BCUT2D eigenvalue weighted by atomic mass is 10.0. The normalized spacial score (nSPS) is 15.9. The fraction of sp³-hybridized carbons (Fsp3) is 0.233. The van der Waals surface area contributed by atoms with Gasteiger partial charge in [-0.25, -0.2) is 9.07 Å². The number of hydrogen-bond acceptors (Lipinski definition) is 8. The van der Waals surface area contributed by atoms with Crippen molar-refractivity contribution in [1.29, 1.82) is 5.26 Å². The summed E-state index contributed by atoms with van der Waals surface area (Å²) in [5, 5.41) is 26.6. The maximum Gasteiger partial charge on any atom is 0.141 e.